The number of anilines is 2. The Morgan fingerprint density at radius 2 is 2.13 bits per heavy atom. The van der Waals surface area contributed by atoms with Gasteiger partial charge in [-0.05, 0) is 43.4 Å². The highest BCUT2D eigenvalue weighted by atomic mass is 16.2. The summed E-state index contributed by atoms with van der Waals surface area (Å²) in [6.07, 6.45) is 2.74. The van der Waals surface area contributed by atoms with E-state index in [4.69, 9.17) is 0 Å². The molecule has 1 atom stereocenters. The van der Waals surface area contributed by atoms with E-state index in [1.807, 2.05) is 36.9 Å². The summed E-state index contributed by atoms with van der Waals surface area (Å²) in [6.45, 7) is 8.00. The number of likely N-dealkylation sites (tertiary alicyclic amines) is 1. The van der Waals surface area contributed by atoms with E-state index in [0.29, 0.717) is 18.9 Å². The number of amides is 2. The van der Waals surface area contributed by atoms with Crippen LogP contribution in [0.15, 0.2) is 18.2 Å². The number of aryl methyl sites for hydroxylation is 1. The second-order valence-electron chi connectivity index (χ2n) is 6.37. The number of nitrogens with one attached hydrogen (secondary N) is 2. The Bertz CT molecular complexity index is 571. The van der Waals surface area contributed by atoms with Crippen molar-refractivity contribution in [2.75, 3.05) is 30.3 Å². The van der Waals surface area contributed by atoms with Crippen LogP contribution in [0.4, 0.5) is 11.4 Å². The first-order chi connectivity index (χ1) is 11.0. The third-order valence-corrected chi connectivity index (χ3v) is 4.28. The van der Waals surface area contributed by atoms with Gasteiger partial charge < -0.3 is 15.5 Å². The van der Waals surface area contributed by atoms with Crippen LogP contribution in [0.3, 0.4) is 0 Å². The molecule has 1 saturated heterocycles. The van der Waals surface area contributed by atoms with Crippen molar-refractivity contribution in [3.63, 3.8) is 0 Å². The minimum Gasteiger partial charge on any atom is -0.376 e. The van der Waals surface area contributed by atoms with Gasteiger partial charge in [0.25, 0.3) is 0 Å². The summed E-state index contributed by atoms with van der Waals surface area (Å²) in [6, 6.07) is 5.71. The van der Waals surface area contributed by atoms with Crippen molar-refractivity contribution in [3.05, 3.63) is 23.8 Å². The number of hydrogen-bond acceptors (Lipinski definition) is 3. The molecule has 0 aromatic heterocycles. The molecule has 5 heteroatoms. The first-order valence-electron chi connectivity index (χ1n) is 8.41. The quantitative estimate of drug-likeness (QED) is 0.877. The molecule has 1 fully saturated rings. The lowest BCUT2D eigenvalue weighted by Crippen LogP contribution is -2.42. The van der Waals surface area contributed by atoms with Crippen molar-refractivity contribution in [1.82, 2.24) is 4.90 Å². The zero-order valence-corrected chi connectivity index (χ0v) is 14.3. The van der Waals surface area contributed by atoms with Crippen molar-refractivity contribution in [3.8, 4) is 0 Å². The lowest BCUT2D eigenvalue weighted by atomic mass is 10.0. The van der Waals surface area contributed by atoms with E-state index < -0.39 is 0 Å². The molecule has 0 spiro atoms. The topological polar surface area (TPSA) is 61.4 Å². The lowest BCUT2D eigenvalue weighted by Gasteiger charge is -2.31. The molecule has 0 bridgehead atoms. The number of carbonyl (C=O) groups is 2. The second-order valence-corrected chi connectivity index (χ2v) is 6.37. The van der Waals surface area contributed by atoms with Gasteiger partial charge in [-0.25, -0.2) is 0 Å². The Labute approximate surface area is 138 Å². The number of benzene rings is 1. The zero-order valence-electron chi connectivity index (χ0n) is 14.3. The summed E-state index contributed by atoms with van der Waals surface area (Å²) >= 11 is 0. The molecule has 0 aliphatic carbocycles. The summed E-state index contributed by atoms with van der Waals surface area (Å²) < 4.78 is 0. The highest BCUT2D eigenvalue weighted by Crippen LogP contribution is 2.21. The summed E-state index contributed by atoms with van der Waals surface area (Å²) in [7, 11) is 0. The number of carbonyl (C=O) groups excluding carboxylic acids is 2. The van der Waals surface area contributed by atoms with E-state index in [0.717, 1.165) is 36.4 Å². The van der Waals surface area contributed by atoms with Crippen LogP contribution in [0, 0.1) is 12.8 Å². The van der Waals surface area contributed by atoms with E-state index in [2.05, 4.69) is 17.6 Å². The van der Waals surface area contributed by atoms with E-state index in [9.17, 15) is 9.59 Å². The molecule has 1 heterocycles. The first kappa shape index (κ1) is 17.3. The maximum Gasteiger partial charge on any atom is 0.241 e. The van der Waals surface area contributed by atoms with Crippen molar-refractivity contribution < 1.29 is 9.59 Å². The van der Waals surface area contributed by atoms with Gasteiger partial charge in [-0.1, -0.05) is 19.9 Å². The van der Waals surface area contributed by atoms with Crippen molar-refractivity contribution >= 4 is 23.2 Å². The van der Waals surface area contributed by atoms with Crippen LogP contribution in [-0.2, 0) is 9.59 Å². The van der Waals surface area contributed by atoms with Gasteiger partial charge in [0, 0.05) is 30.9 Å². The predicted molar refractivity (Wildman–Crippen MR) is 93.6 cm³/mol. The maximum atomic E-state index is 12.3. The summed E-state index contributed by atoms with van der Waals surface area (Å²) in [5, 5.41) is 6.06. The second kappa shape index (κ2) is 7.99. The largest absolute Gasteiger partial charge is 0.376 e. The van der Waals surface area contributed by atoms with Crippen molar-refractivity contribution in [2.45, 2.75) is 40.0 Å². The van der Waals surface area contributed by atoms with Gasteiger partial charge in [0.1, 0.15) is 0 Å². The number of piperidine rings is 1. The van der Waals surface area contributed by atoms with E-state index in [-0.39, 0.29) is 11.8 Å². The zero-order chi connectivity index (χ0) is 16.8. The Hall–Kier alpha value is -2.04. The number of nitrogens with zero attached hydrogens (tertiary/aromatic N) is 1. The van der Waals surface area contributed by atoms with E-state index in [1.54, 1.807) is 0 Å². The highest BCUT2D eigenvalue weighted by molar-refractivity contribution is 5.91. The molecule has 2 rings (SSSR count). The summed E-state index contributed by atoms with van der Waals surface area (Å²) in [5.41, 5.74) is 2.70. The molecule has 5 nitrogen and oxygen atoms in total. The van der Waals surface area contributed by atoms with Gasteiger partial charge in [-0.3, -0.25) is 9.59 Å². The van der Waals surface area contributed by atoms with Crippen LogP contribution in [0.2, 0.25) is 0 Å². The Balaban J connectivity index is 1.95. The first-order valence-corrected chi connectivity index (χ1v) is 8.41. The minimum absolute atomic E-state index is 0.0156. The third-order valence-electron chi connectivity index (χ3n) is 4.28. The molecule has 1 aromatic carbocycles. The number of rotatable bonds is 5. The molecule has 0 saturated carbocycles. The molecular formula is C18H27N3O2. The summed E-state index contributed by atoms with van der Waals surface area (Å²) in [5.74, 6) is 0.708. The molecule has 0 radical (unpaired) electrons. The maximum absolute atomic E-state index is 12.3. The van der Waals surface area contributed by atoms with Crippen LogP contribution in [-0.4, -0.2) is 36.3 Å². The molecule has 2 N–H and O–H groups in total. The average Bonchev–Trinajstić information content (AvgIpc) is 2.54. The lowest BCUT2D eigenvalue weighted by molar-refractivity contribution is -0.131. The van der Waals surface area contributed by atoms with Gasteiger partial charge in [0.2, 0.25) is 11.8 Å². The molecule has 126 valence electrons. The van der Waals surface area contributed by atoms with E-state index >= 15 is 0 Å². The van der Waals surface area contributed by atoms with Gasteiger partial charge in [-0.15, -0.1) is 0 Å². The monoisotopic (exact) mass is 317 g/mol. The number of hydrogen-bond donors (Lipinski definition) is 2. The molecule has 1 aromatic rings. The molecular weight excluding hydrogens is 290 g/mol. The Kier molecular flexibility index (Phi) is 6.02. The SMILES string of the molecule is CCC(=O)Nc1ccc(C)c(NCC(=O)N2CCCC(C)C2)c1. The van der Waals surface area contributed by atoms with E-state index in [1.165, 1.54) is 6.42 Å². The predicted octanol–water partition coefficient (Wildman–Crippen LogP) is 3.01. The molecule has 2 amide bonds. The Morgan fingerprint density at radius 3 is 2.83 bits per heavy atom. The average molecular weight is 317 g/mol. The van der Waals surface area contributed by atoms with Crippen LogP contribution in [0.5, 0.6) is 0 Å². The smallest absolute Gasteiger partial charge is 0.241 e. The fourth-order valence-corrected chi connectivity index (χ4v) is 2.84. The Morgan fingerprint density at radius 1 is 1.35 bits per heavy atom. The normalized spacial score (nSPS) is 17.7. The standard InChI is InChI=1S/C18H27N3O2/c1-4-17(22)20-15-8-7-14(3)16(10-15)19-11-18(23)21-9-5-6-13(2)12-21/h7-8,10,13,19H,4-6,9,11-12H2,1-3H3,(H,20,22). The minimum atomic E-state index is -0.0156. The third kappa shape index (κ3) is 4.98. The van der Waals surface area contributed by atoms with Gasteiger partial charge in [0.05, 0.1) is 6.54 Å². The van der Waals surface area contributed by atoms with Crippen molar-refractivity contribution in [1.29, 1.82) is 0 Å². The molecule has 1 unspecified atom stereocenters. The van der Waals surface area contributed by atoms with Crippen LogP contribution in [0.25, 0.3) is 0 Å². The van der Waals surface area contributed by atoms with Crippen LogP contribution < -0.4 is 10.6 Å². The van der Waals surface area contributed by atoms with Crippen molar-refractivity contribution in [2.24, 2.45) is 5.92 Å². The van der Waals surface area contributed by atoms with Gasteiger partial charge in [-0.2, -0.15) is 0 Å². The van der Waals surface area contributed by atoms with Crippen LogP contribution >= 0.6 is 0 Å². The fourth-order valence-electron chi connectivity index (χ4n) is 2.84. The fraction of sp³-hybridized carbons (Fsp3) is 0.556. The van der Waals surface area contributed by atoms with Gasteiger partial charge in [0.15, 0.2) is 0 Å². The summed E-state index contributed by atoms with van der Waals surface area (Å²) in [4.78, 5) is 25.8. The van der Waals surface area contributed by atoms with Crippen LogP contribution in [0.1, 0.15) is 38.7 Å². The molecule has 1 aliphatic heterocycles. The molecule has 1 aliphatic rings. The van der Waals surface area contributed by atoms with Gasteiger partial charge >= 0.3 is 0 Å². The molecule has 23 heavy (non-hydrogen) atoms. The highest BCUT2D eigenvalue weighted by Gasteiger charge is 2.20.